The second kappa shape index (κ2) is 8.23. The Morgan fingerprint density at radius 2 is 1.85 bits per heavy atom. The third-order valence-corrected chi connectivity index (χ3v) is 6.49. The molecule has 0 saturated heterocycles. The summed E-state index contributed by atoms with van der Waals surface area (Å²) in [5.74, 6) is -3.50. The Morgan fingerprint density at radius 1 is 1.18 bits per heavy atom. The van der Waals surface area contributed by atoms with E-state index in [-0.39, 0.29) is 29.4 Å². The number of carbonyl (C=O) groups is 2. The molecule has 0 saturated carbocycles. The standard InChI is InChI=1S/C24H19ClF4N2O3/c1-23(2)11-12(9-10-14(23)22(33)34)20-19-16(26)7-4-8-17(19)31(30-20)21(32)18-13(24(27,28)29)5-3-6-15(18)25/h3-9,14H,10-11H2,1-2H3,(H,33,34). The summed E-state index contributed by atoms with van der Waals surface area (Å²) in [6, 6.07) is 6.85. The van der Waals surface area contributed by atoms with E-state index in [1.165, 1.54) is 12.1 Å². The van der Waals surface area contributed by atoms with E-state index in [4.69, 9.17) is 11.6 Å². The first-order valence-corrected chi connectivity index (χ1v) is 10.7. The van der Waals surface area contributed by atoms with E-state index < -0.39 is 51.4 Å². The SMILES string of the molecule is CC1(C)CC(c2nn(C(=O)c3c(Cl)cccc3C(F)(F)F)c3cccc(F)c23)=CCC1C(=O)O. The van der Waals surface area contributed by atoms with Crippen LogP contribution in [-0.2, 0) is 11.0 Å². The van der Waals surface area contributed by atoms with Crippen molar-refractivity contribution in [3.8, 4) is 0 Å². The average molecular weight is 495 g/mol. The monoisotopic (exact) mass is 494 g/mol. The van der Waals surface area contributed by atoms with Crippen LogP contribution in [0.5, 0.6) is 0 Å². The molecule has 1 aliphatic rings. The normalized spacial score (nSPS) is 18.1. The molecule has 0 fully saturated rings. The molecule has 3 aromatic rings. The summed E-state index contributed by atoms with van der Waals surface area (Å²) >= 11 is 6.00. The largest absolute Gasteiger partial charge is 0.481 e. The number of hydrogen-bond acceptors (Lipinski definition) is 3. The molecule has 1 atom stereocenters. The van der Waals surface area contributed by atoms with Crippen molar-refractivity contribution in [2.45, 2.75) is 32.9 Å². The zero-order valence-electron chi connectivity index (χ0n) is 18.1. The summed E-state index contributed by atoms with van der Waals surface area (Å²) in [7, 11) is 0. The van der Waals surface area contributed by atoms with Gasteiger partial charge in [0.25, 0.3) is 5.91 Å². The van der Waals surface area contributed by atoms with Crippen molar-refractivity contribution >= 4 is 40.0 Å². The van der Waals surface area contributed by atoms with Gasteiger partial charge in [0.1, 0.15) is 5.82 Å². The number of aliphatic carboxylic acids is 1. The van der Waals surface area contributed by atoms with Gasteiger partial charge in [-0.3, -0.25) is 9.59 Å². The second-order valence-electron chi connectivity index (χ2n) is 8.88. The maximum Gasteiger partial charge on any atom is 0.417 e. The third kappa shape index (κ3) is 3.98. The number of fused-ring (bicyclic) bond motifs is 1. The van der Waals surface area contributed by atoms with Gasteiger partial charge >= 0.3 is 12.1 Å². The molecule has 1 unspecified atom stereocenters. The van der Waals surface area contributed by atoms with Crippen molar-refractivity contribution in [3.63, 3.8) is 0 Å². The van der Waals surface area contributed by atoms with Crippen LogP contribution >= 0.6 is 11.6 Å². The molecule has 0 aliphatic heterocycles. The number of hydrogen-bond donors (Lipinski definition) is 1. The van der Waals surface area contributed by atoms with Crippen LogP contribution in [0, 0.1) is 17.2 Å². The number of carboxylic acids is 1. The van der Waals surface area contributed by atoms with Gasteiger partial charge in [-0.2, -0.15) is 23.0 Å². The van der Waals surface area contributed by atoms with Crippen molar-refractivity contribution in [1.82, 2.24) is 9.78 Å². The Kier molecular flexibility index (Phi) is 5.80. The molecule has 34 heavy (non-hydrogen) atoms. The highest BCUT2D eigenvalue weighted by atomic mass is 35.5. The molecule has 2 aromatic carbocycles. The highest BCUT2D eigenvalue weighted by molar-refractivity contribution is 6.34. The first-order valence-electron chi connectivity index (χ1n) is 10.3. The quantitative estimate of drug-likeness (QED) is 0.425. The van der Waals surface area contributed by atoms with Crippen molar-refractivity contribution in [1.29, 1.82) is 0 Å². The molecule has 178 valence electrons. The first-order chi connectivity index (χ1) is 15.8. The Balaban J connectivity index is 1.92. The van der Waals surface area contributed by atoms with Gasteiger partial charge in [0.15, 0.2) is 0 Å². The second-order valence-corrected chi connectivity index (χ2v) is 9.29. The van der Waals surface area contributed by atoms with E-state index >= 15 is 0 Å². The molecule has 5 nitrogen and oxygen atoms in total. The third-order valence-electron chi connectivity index (χ3n) is 6.17. The van der Waals surface area contributed by atoms with Crippen molar-refractivity contribution in [3.05, 3.63) is 70.1 Å². The van der Waals surface area contributed by atoms with Crippen molar-refractivity contribution in [2.24, 2.45) is 11.3 Å². The summed E-state index contributed by atoms with van der Waals surface area (Å²) in [5.41, 5.74) is -2.15. The minimum absolute atomic E-state index is 0.0212. The van der Waals surface area contributed by atoms with Crippen molar-refractivity contribution in [2.75, 3.05) is 0 Å². The molecule has 4 rings (SSSR count). The fraction of sp³-hybridized carbons (Fsp3) is 0.292. The molecule has 0 spiro atoms. The van der Waals surface area contributed by atoms with Gasteiger partial charge in [-0.25, -0.2) is 4.39 Å². The number of carbonyl (C=O) groups excluding carboxylic acids is 1. The first kappa shape index (κ1) is 23.9. The lowest BCUT2D eigenvalue weighted by molar-refractivity contribution is -0.145. The van der Waals surface area contributed by atoms with Crippen molar-refractivity contribution < 1.29 is 32.3 Å². The lowest BCUT2D eigenvalue weighted by Crippen LogP contribution is -2.33. The molecule has 1 aromatic heterocycles. The molecule has 0 amide bonds. The predicted molar refractivity (Wildman–Crippen MR) is 118 cm³/mol. The van der Waals surface area contributed by atoms with E-state index in [0.717, 1.165) is 28.9 Å². The Morgan fingerprint density at radius 3 is 2.47 bits per heavy atom. The fourth-order valence-electron chi connectivity index (χ4n) is 4.47. The number of alkyl halides is 3. The molecule has 0 bridgehead atoms. The predicted octanol–water partition coefficient (Wildman–Crippen LogP) is 6.44. The van der Waals surface area contributed by atoms with Crippen LogP contribution in [0.4, 0.5) is 17.6 Å². The number of carboxylic acid groups (broad SMARTS) is 1. The maximum atomic E-state index is 14.9. The summed E-state index contributed by atoms with van der Waals surface area (Å²) in [6.07, 6.45) is -2.84. The zero-order valence-corrected chi connectivity index (χ0v) is 18.8. The van der Waals surface area contributed by atoms with Crippen LogP contribution in [0.2, 0.25) is 5.02 Å². The molecule has 0 radical (unpaired) electrons. The molecule has 1 heterocycles. The van der Waals surface area contributed by atoms with Gasteiger partial charge in [0.05, 0.1) is 38.7 Å². The van der Waals surface area contributed by atoms with Gasteiger partial charge in [-0.1, -0.05) is 43.7 Å². The number of halogens is 5. The highest BCUT2D eigenvalue weighted by Crippen LogP contribution is 2.45. The number of rotatable bonds is 3. The van der Waals surface area contributed by atoms with Crippen LogP contribution in [0.1, 0.15) is 48.3 Å². The lowest BCUT2D eigenvalue weighted by atomic mass is 9.68. The smallest absolute Gasteiger partial charge is 0.417 e. The zero-order chi connectivity index (χ0) is 25.0. The minimum atomic E-state index is -4.85. The van der Waals surface area contributed by atoms with Gasteiger partial charge in [0.2, 0.25) is 0 Å². The van der Waals surface area contributed by atoms with Crippen LogP contribution < -0.4 is 0 Å². The van der Waals surface area contributed by atoms with E-state index in [1.807, 2.05) is 0 Å². The van der Waals surface area contributed by atoms with Crippen LogP contribution in [0.25, 0.3) is 16.5 Å². The van der Waals surface area contributed by atoms with Crippen LogP contribution in [0.15, 0.2) is 42.5 Å². The molecular formula is C24H19ClF4N2O3. The fourth-order valence-corrected chi connectivity index (χ4v) is 4.73. The minimum Gasteiger partial charge on any atom is -0.481 e. The summed E-state index contributed by atoms with van der Waals surface area (Å²) in [5, 5.41) is 13.3. The lowest BCUT2D eigenvalue weighted by Gasteiger charge is -2.35. The summed E-state index contributed by atoms with van der Waals surface area (Å²) < 4.78 is 56.5. The summed E-state index contributed by atoms with van der Waals surface area (Å²) in [6.45, 7) is 3.53. The summed E-state index contributed by atoms with van der Waals surface area (Å²) in [4.78, 5) is 24.9. The van der Waals surface area contributed by atoms with E-state index in [1.54, 1.807) is 19.9 Å². The number of nitrogens with zero attached hydrogens (tertiary/aromatic N) is 2. The number of allylic oxidation sites excluding steroid dienone is 2. The molecule has 1 aliphatic carbocycles. The van der Waals surface area contributed by atoms with E-state index in [2.05, 4.69) is 5.10 Å². The molecular weight excluding hydrogens is 476 g/mol. The van der Waals surface area contributed by atoms with Gasteiger partial charge < -0.3 is 5.11 Å². The Hall–Kier alpha value is -3.20. The van der Waals surface area contributed by atoms with Gasteiger partial charge in [-0.15, -0.1) is 0 Å². The average Bonchev–Trinajstić information content (AvgIpc) is 3.12. The topological polar surface area (TPSA) is 72.2 Å². The van der Waals surface area contributed by atoms with E-state index in [0.29, 0.717) is 5.57 Å². The highest BCUT2D eigenvalue weighted by Gasteiger charge is 2.40. The Labute approximate surface area is 196 Å². The maximum absolute atomic E-state index is 14.9. The number of aromatic nitrogens is 2. The molecule has 1 N–H and O–H groups in total. The van der Waals surface area contributed by atoms with Gasteiger partial charge in [0, 0.05) is 0 Å². The molecule has 10 heteroatoms. The van der Waals surface area contributed by atoms with E-state index in [9.17, 15) is 32.3 Å². The number of benzene rings is 2. The van der Waals surface area contributed by atoms with Crippen LogP contribution in [0.3, 0.4) is 0 Å². The van der Waals surface area contributed by atoms with Gasteiger partial charge in [-0.05, 0) is 48.1 Å². The van der Waals surface area contributed by atoms with Crippen LogP contribution in [-0.4, -0.2) is 26.8 Å². The Bertz CT molecular complexity index is 1360.